The number of nitrogens with two attached hydrogens (primary N) is 1. The fraction of sp³-hybridized carbons (Fsp3) is 0.609. The SMILES string of the molecule is Nc1ncc(-c2cc(N3CCC(N4CCOCC4)C3)nc(N3CC4CC3C4)n2)cc1OC(F)F. The van der Waals surface area contributed by atoms with Crippen LogP contribution in [0.3, 0.4) is 0 Å². The molecule has 9 nitrogen and oxygen atoms in total. The second-order valence-corrected chi connectivity index (χ2v) is 9.58. The lowest BCUT2D eigenvalue weighted by molar-refractivity contribution is -0.0494. The topological polar surface area (TPSA) is 92.9 Å². The van der Waals surface area contributed by atoms with E-state index in [1.54, 1.807) is 6.20 Å². The molecule has 2 N–H and O–H groups in total. The zero-order valence-corrected chi connectivity index (χ0v) is 18.9. The first-order valence-electron chi connectivity index (χ1n) is 12.0. The van der Waals surface area contributed by atoms with Crippen molar-refractivity contribution in [3.63, 3.8) is 0 Å². The van der Waals surface area contributed by atoms with Crippen molar-refractivity contribution >= 4 is 17.6 Å². The number of pyridine rings is 1. The Morgan fingerprint density at radius 1 is 1.06 bits per heavy atom. The lowest BCUT2D eigenvalue weighted by atomic mass is 9.86. The molecule has 2 aromatic heterocycles. The Morgan fingerprint density at radius 2 is 1.88 bits per heavy atom. The van der Waals surface area contributed by atoms with Crippen LogP contribution in [0.15, 0.2) is 18.3 Å². The normalized spacial score (nSPS) is 26.9. The number of hydrogen-bond acceptors (Lipinski definition) is 9. The summed E-state index contributed by atoms with van der Waals surface area (Å²) in [5.41, 5.74) is 6.96. The van der Waals surface area contributed by atoms with Gasteiger partial charge < -0.3 is 25.0 Å². The Labute approximate surface area is 196 Å². The summed E-state index contributed by atoms with van der Waals surface area (Å²) >= 11 is 0. The van der Waals surface area contributed by atoms with E-state index in [0.717, 1.165) is 58.2 Å². The van der Waals surface area contributed by atoms with Crippen LogP contribution in [0.4, 0.5) is 26.4 Å². The third-order valence-electron chi connectivity index (χ3n) is 7.51. The van der Waals surface area contributed by atoms with Crippen LogP contribution in [0.25, 0.3) is 11.3 Å². The van der Waals surface area contributed by atoms with E-state index in [4.69, 9.17) is 20.4 Å². The highest BCUT2D eigenvalue weighted by atomic mass is 19.3. The van der Waals surface area contributed by atoms with Crippen molar-refractivity contribution in [2.24, 2.45) is 5.92 Å². The molecule has 2 aromatic rings. The summed E-state index contributed by atoms with van der Waals surface area (Å²) in [6, 6.07) is 4.35. The lowest BCUT2D eigenvalue weighted by Crippen LogP contribution is -2.44. The fourth-order valence-electron chi connectivity index (χ4n) is 5.61. The number of hydrogen-bond donors (Lipinski definition) is 1. The summed E-state index contributed by atoms with van der Waals surface area (Å²) in [7, 11) is 0. The number of aromatic nitrogens is 3. The Morgan fingerprint density at radius 3 is 2.62 bits per heavy atom. The smallest absolute Gasteiger partial charge is 0.387 e. The van der Waals surface area contributed by atoms with Crippen molar-refractivity contribution < 1.29 is 18.3 Å². The van der Waals surface area contributed by atoms with Crippen LogP contribution in [0.5, 0.6) is 5.75 Å². The van der Waals surface area contributed by atoms with Crippen LogP contribution in [0, 0.1) is 5.92 Å². The van der Waals surface area contributed by atoms with Gasteiger partial charge >= 0.3 is 6.61 Å². The van der Waals surface area contributed by atoms with Gasteiger partial charge in [-0.15, -0.1) is 0 Å². The zero-order valence-electron chi connectivity index (χ0n) is 18.9. The van der Waals surface area contributed by atoms with Crippen LogP contribution >= 0.6 is 0 Å². The van der Waals surface area contributed by atoms with Gasteiger partial charge in [-0.05, 0) is 31.2 Å². The summed E-state index contributed by atoms with van der Waals surface area (Å²) in [6.07, 6.45) is 4.98. The number of ether oxygens (including phenoxy) is 2. The third-order valence-corrected chi connectivity index (χ3v) is 7.51. The Hall–Kier alpha value is -2.79. The van der Waals surface area contributed by atoms with Gasteiger partial charge in [0.05, 0.1) is 18.9 Å². The van der Waals surface area contributed by atoms with Crippen LogP contribution in [-0.4, -0.2) is 84.5 Å². The highest BCUT2D eigenvalue weighted by molar-refractivity contribution is 5.68. The zero-order chi connectivity index (χ0) is 23.2. The summed E-state index contributed by atoms with van der Waals surface area (Å²) < 4.78 is 35.8. The summed E-state index contributed by atoms with van der Waals surface area (Å²) in [4.78, 5) is 21.0. The van der Waals surface area contributed by atoms with Gasteiger partial charge in [0.2, 0.25) is 5.95 Å². The maximum Gasteiger partial charge on any atom is 0.387 e. The number of nitrogen functional groups attached to an aromatic ring is 1. The molecule has 0 spiro atoms. The highest BCUT2D eigenvalue weighted by Gasteiger charge is 2.44. The number of rotatable bonds is 6. The van der Waals surface area contributed by atoms with E-state index in [0.29, 0.717) is 35.2 Å². The van der Waals surface area contributed by atoms with Crippen molar-refractivity contribution in [3.8, 4) is 17.0 Å². The summed E-state index contributed by atoms with van der Waals surface area (Å²) in [5.74, 6) is 2.04. The molecular formula is C23H29F2N7O2. The second-order valence-electron chi connectivity index (χ2n) is 9.58. The van der Waals surface area contributed by atoms with Gasteiger partial charge in [-0.1, -0.05) is 0 Å². The molecular weight excluding hydrogens is 444 g/mol. The van der Waals surface area contributed by atoms with Crippen molar-refractivity contribution in [1.29, 1.82) is 0 Å². The van der Waals surface area contributed by atoms with Crippen molar-refractivity contribution in [2.75, 3.05) is 61.5 Å². The monoisotopic (exact) mass is 473 g/mol. The van der Waals surface area contributed by atoms with Gasteiger partial charge in [-0.3, -0.25) is 4.90 Å². The molecule has 1 aliphatic carbocycles. The largest absolute Gasteiger partial charge is 0.431 e. The van der Waals surface area contributed by atoms with Gasteiger partial charge in [0.1, 0.15) is 5.82 Å². The van der Waals surface area contributed by atoms with Gasteiger partial charge in [-0.25, -0.2) is 9.97 Å². The molecule has 34 heavy (non-hydrogen) atoms. The molecule has 1 unspecified atom stereocenters. The number of morpholine rings is 1. The minimum atomic E-state index is -2.98. The third kappa shape index (κ3) is 4.11. The van der Waals surface area contributed by atoms with Gasteiger partial charge in [0.25, 0.3) is 0 Å². The summed E-state index contributed by atoms with van der Waals surface area (Å²) in [6.45, 7) is 3.26. The minimum Gasteiger partial charge on any atom is -0.431 e. The number of anilines is 3. The summed E-state index contributed by atoms with van der Waals surface area (Å²) in [5, 5.41) is 0. The molecule has 0 radical (unpaired) electrons. The van der Waals surface area contributed by atoms with E-state index in [9.17, 15) is 8.78 Å². The van der Waals surface area contributed by atoms with E-state index in [2.05, 4.69) is 24.4 Å². The van der Waals surface area contributed by atoms with Gasteiger partial charge in [0, 0.05) is 62.6 Å². The van der Waals surface area contributed by atoms with Crippen molar-refractivity contribution in [2.45, 2.75) is 38.0 Å². The van der Waals surface area contributed by atoms with Crippen LogP contribution in [-0.2, 0) is 4.74 Å². The lowest BCUT2D eigenvalue weighted by Gasteiger charge is -2.32. The molecule has 0 aromatic carbocycles. The number of halogens is 2. The number of fused-ring (bicyclic) bond motifs is 1. The van der Waals surface area contributed by atoms with E-state index in [1.807, 2.05) is 6.07 Å². The minimum absolute atomic E-state index is 0.0770. The number of alkyl halides is 2. The average Bonchev–Trinajstić information content (AvgIpc) is 3.56. The fourth-order valence-corrected chi connectivity index (χ4v) is 5.61. The number of nitrogens with zero attached hydrogens (tertiary/aromatic N) is 6. The molecule has 4 saturated heterocycles. The van der Waals surface area contributed by atoms with Crippen molar-refractivity contribution in [3.05, 3.63) is 18.3 Å². The molecule has 11 heteroatoms. The van der Waals surface area contributed by atoms with E-state index in [1.165, 1.54) is 18.9 Å². The van der Waals surface area contributed by atoms with Crippen LogP contribution in [0.2, 0.25) is 0 Å². The Balaban J connectivity index is 1.32. The highest BCUT2D eigenvalue weighted by Crippen LogP contribution is 2.43. The molecule has 7 rings (SSSR count). The molecule has 5 aliphatic rings. The Kier molecular flexibility index (Phi) is 5.60. The standard InChI is InChI=1S/C23H29F2N7O2/c24-22(25)34-19-9-15(11-27-21(19)26)18-10-20(29-23(28-18)32-12-14-7-17(32)8-14)31-2-1-16(13-31)30-3-5-33-6-4-30/h9-11,14,16-17,22H,1-8,12-13H2,(H2,26,27). The molecule has 1 saturated carbocycles. The maximum absolute atomic E-state index is 12.9. The van der Waals surface area contributed by atoms with E-state index >= 15 is 0 Å². The molecule has 6 heterocycles. The average molecular weight is 474 g/mol. The maximum atomic E-state index is 12.9. The molecule has 1 atom stereocenters. The second kappa shape index (κ2) is 8.77. The van der Waals surface area contributed by atoms with Gasteiger partial charge in [-0.2, -0.15) is 13.8 Å². The molecule has 182 valence electrons. The van der Waals surface area contributed by atoms with Crippen molar-refractivity contribution in [1.82, 2.24) is 19.9 Å². The van der Waals surface area contributed by atoms with Crippen LogP contribution < -0.4 is 20.3 Å². The molecule has 4 aliphatic heterocycles. The van der Waals surface area contributed by atoms with Crippen LogP contribution in [0.1, 0.15) is 19.3 Å². The predicted molar refractivity (Wildman–Crippen MR) is 123 cm³/mol. The van der Waals surface area contributed by atoms with E-state index < -0.39 is 6.61 Å². The van der Waals surface area contributed by atoms with Gasteiger partial charge in [0.15, 0.2) is 11.6 Å². The predicted octanol–water partition coefficient (Wildman–Crippen LogP) is 2.23. The first-order valence-corrected chi connectivity index (χ1v) is 12.0. The molecule has 2 bridgehead atoms. The molecule has 0 amide bonds. The first-order chi connectivity index (χ1) is 16.5. The molecule has 5 fully saturated rings. The first kappa shape index (κ1) is 21.7. The Bertz CT molecular complexity index is 1050. The van der Waals surface area contributed by atoms with E-state index in [-0.39, 0.29) is 11.6 Å². The quantitative estimate of drug-likeness (QED) is 0.678.